The number of hydrogen-bond donors (Lipinski definition) is 1. The number of fused-ring (bicyclic) bond motifs is 1. The second kappa shape index (κ2) is 4.63. The van der Waals surface area contributed by atoms with Crippen molar-refractivity contribution in [1.82, 2.24) is 5.32 Å². The average molecular weight is 252 g/mol. The topological polar surface area (TPSA) is 12.0 Å². The molecule has 0 bridgehead atoms. The van der Waals surface area contributed by atoms with Crippen LogP contribution in [0, 0.1) is 0 Å². The van der Waals surface area contributed by atoms with Crippen molar-refractivity contribution in [2.75, 3.05) is 13.1 Å². The second-order valence-electron chi connectivity index (χ2n) is 4.61. The maximum atomic E-state index is 13.9. The van der Waals surface area contributed by atoms with Gasteiger partial charge in [-0.05, 0) is 16.3 Å². The van der Waals surface area contributed by atoms with Crippen LogP contribution in [0.4, 0.5) is 4.39 Å². The number of nitrogens with one attached hydrogen (secondary N) is 1. The Morgan fingerprint density at radius 3 is 2.41 bits per heavy atom. The van der Waals surface area contributed by atoms with Crippen molar-refractivity contribution in [2.45, 2.75) is 12.1 Å². The van der Waals surface area contributed by atoms with E-state index in [1.54, 1.807) is 0 Å². The molecule has 0 aromatic heterocycles. The minimum absolute atomic E-state index is 0. The summed E-state index contributed by atoms with van der Waals surface area (Å²) in [6.07, 6.45) is 0.519. The largest absolute Gasteiger partial charge is 0.310 e. The monoisotopic (exact) mass is 251 g/mol. The van der Waals surface area contributed by atoms with Crippen LogP contribution in [0.2, 0.25) is 0 Å². The summed E-state index contributed by atoms with van der Waals surface area (Å²) in [5.74, 6) is 0. The molecule has 2 aromatic rings. The third kappa shape index (κ3) is 2.43. The Hall–Kier alpha value is -1.12. The lowest BCUT2D eigenvalue weighted by molar-refractivity contribution is 0.0912. The van der Waals surface area contributed by atoms with Crippen molar-refractivity contribution in [3.05, 3.63) is 48.0 Å². The minimum Gasteiger partial charge on any atom is -0.310 e. The van der Waals surface area contributed by atoms with Crippen LogP contribution in [0.25, 0.3) is 10.8 Å². The summed E-state index contributed by atoms with van der Waals surface area (Å²) < 4.78 is 13.9. The molecule has 3 rings (SSSR count). The normalized spacial score (nSPS) is 17.2. The van der Waals surface area contributed by atoms with E-state index in [0.29, 0.717) is 19.5 Å². The summed E-state index contributed by atoms with van der Waals surface area (Å²) in [6, 6.07) is 14.4. The van der Waals surface area contributed by atoms with E-state index in [1.807, 2.05) is 18.2 Å². The van der Waals surface area contributed by atoms with E-state index in [0.717, 1.165) is 5.56 Å². The zero-order chi connectivity index (χ0) is 11.0. The molecular formula is C14H15ClFN. The Morgan fingerprint density at radius 1 is 1.06 bits per heavy atom. The fraction of sp³-hybridized carbons (Fsp3) is 0.286. The van der Waals surface area contributed by atoms with E-state index >= 15 is 0 Å². The number of hydrogen-bond acceptors (Lipinski definition) is 1. The van der Waals surface area contributed by atoms with Crippen molar-refractivity contribution < 1.29 is 4.39 Å². The highest BCUT2D eigenvalue weighted by atomic mass is 35.5. The molecule has 0 spiro atoms. The molecule has 1 nitrogen and oxygen atoms in total. The molecule has 1 aliphatic heterocycles. The van der Waals surface area contributed by atoms with Gasteiger partial charge in [0.05, 0.1) is 0 Å². The third-order valence-electron chi connectivity index (χ3n) is 3.22. The van der Waals surface area contributed by atoms with Gasteiger partial charge in [-0.3, -0.25) is 0 Å². The van der Waals surface area contributed by atoms with Crippen LogP contribution in [-0.2, 0) is 6.42 Å². The molecule has 1 heterocycles. The molecule has 1 saturated heterocycles. The Bertz CT molecular complexity index is 522. The van der Waals surface area contributed by atoms with Gasteiger partial charge in [-0.15, -0.1) is 12.4 Å². The van der Waals surface area contributed by atoms with Crippen LogP contribution in [-0.4, -0.2) is 18.8 Å². The molecule has 0 unspecified atom stereocenters. The zero-order valence-corrected chi connectivity index (χ0v) is 10.3. The molecule has 0 saturated carbocycles. The smallest absolute Gasteiger partial charge is 0.139 e. The molecule has 2 aromatic carbocycles. The first-order chi connectivity index (χ1) is 7.75. The van der Waals surface area contributed by atoms with Crippen molar-refractivity contribution >= 4 is 23.2 Å². The Balaban J connectivity index is 0.00000108. The standard InChI is InChI=1S/C14H14FN.ClH/c15-14(9-16-10-14)8-11-5-6-12-3-1-2-4-13(12)7-11;/h1-7,16H,8-10H2;1H. The Kier molecular flexibility index (Phi) is 3.36. The van der Waals surface area contributed by atoms with Crippen LogP contribution in [0.1, 0.15) is 5.56 Å². The van der Waals surface area contributed by atoms with Crippen molar-refractivity contribution in [3.63, 3.8) is 0 Å². The highest BCUT2D eigenvalue weighted by Gasteiger charge is 2.36. The van der Waals surface area contributed by atoms with E-state index in [-0.39, 0.29) is 12.4 Å². The summed E-state index contributed by atoms with van der Waals surface area (Å²) in [7, 11) is 0. The third-order valence-corrected chi connectivity index (χ3v) is 3.22. The summed E-state index contributed by atoms with van der Waals surface area (Å²) in [4.78, 5) is 0. The van der Waals surface area contributed by atoms with E-state index < -0.39 is 5.67 Å². The van der Waals surface area contributed by atoms with Gasteiger partial charge in [-0.1, -0.05) is 42.5 Å². The van der Waals surface area contributed by atoms with E-state index in [9.17, 15) is 4.39 Å². The molecule has 0 radical (unpaired) electrons. The molecule has 0 atom stereocenters. The van der Waals surface area contributed by atoms with Gasteiger partial charge in [0.25, 0.3) is 0 Å². The summed E-state index contributed by atoms with van der Waals surface area (Å²) in [5, 5.41) is 5.39. The maximum absolute atomic E-state index is 13.9. The number of halogens is 2. The molecule has 1 aliphatic rings. The zero-order valence-electron chi connectivity index (χ0n) is 9.45. The first-order valence-corrected chi connectivity index (χ1v) is 5.63. The predicted molar refractivity (Wildman–Crippen MR) is 71.6 cm³/mol. The molecular weight excluding hydrogens is 237 g/mol. The van der Waals surface area contributed by atoms with E-state index in [1.165, 1.54) is 10.8 Å². The molecule has 0 aliphatic carbocycles. The van der Waals surface area contributed by atoms with Gasteiger partial charge in [0.1, 0.15) is 5.67 Å². The molecule has 90 valence electrons. The molecule has 0 amide bonds. The molecule has 1 fully saturated rings. The van der Waals surface area contributed by atoms with Crippen LogP contribution in [0.5, 0.6) is 0 Å². The Morgan fingerprint density at radius 2 is 1.76 bits per heavy atom. The SMILES string of the molecule is Cl.FC1(Cc2ccc3ccccc3c2)CNC1. The van der Waals surface area contributed by atoms with Crippen LogP contribution < -0.4 is 5.32 Å². The highest BCUT2D eigenvalue weighted by Crippen LogP contribution is 2.24. The number of benzene rings is 2. The van der Waals surface area contributed by atoms with Gasteiger partial charge >= 0.3 is 0 Å². The van der Waals surface area contributed by atoms with Crippen LogP contribution in [0.15, 0.2) is 42.5 Å². The quantitative estimate of drug-likeness (QED) is 0.865. The molecule has 1 N–H and O–H groups in total. The van der Waals surface area contributed by atoms with Crippen molar-refractivity contribution in [2.24, 2.45) is 0 Å². The Labute approximate surface area is 106 Å². The van der Waals surface area contributed by atoms with Gasteiger partial charge in [0.2, 0.25) is 0 Å². The fourth-order valence-electron chi connectivity index (χ4n) is 2.24. The summed E-state index contributed by atoms with van der Waals surface area (Å²) in [6.45, 7) is 0.972. The lowest BCUT2D eigenvalue weighted by Crippen LogP contribution is -2.57. The van der Waals surface area contributed by atoms with Crippen molar-refractivity contribution in [1.29, 1.82) is 0 Å². The molecule has 3 heteroatoms. The maximum Gasteiger partial charge on any atom is 0.139 e. The van der Waals surface area contributed by atoms with Gasteiger partial charge in [-0.2, -0.15) is 0 Å². The van der Waals surface area contributed by atoms with E-state index in [4.69, 9.17) is 0 Å². The first-order valence-electron chi connectivity index (χ1n) is 5.63. The average Bonchev–Trinajstić information content (AvgIpc) is 2.27. The van der Waals surface area contributed by atoms with E-state index in [2.05, 4.69) is 29.6 Å². The predicted octanol–water partition coefficient (Wildman–Crippen LogP) is 3.12. The summed E-state index contributed by atoms with van der Waals surface area (Å²) in [5.41, 5.74) is 0.0605. The van der Waals surface area contributed by atoms with Crippen molar-refractivity contribution in [3.8, 4) is 0 Å². The second-order valence-corrected chi connectivity index (χ2v) is 4.61. The first kappa shape index (κ1) is 12.3. The number of alkyl halides is 1. The summed E-state index contributed by atoms with van der Waals surface area (Å²) >= 11 is 0. The van der Waals surface area contributed by atoms with Crippen LogP contribution in [0.3, 0.4) is 0 Å². The van der Waals surface area contributed by atoms with Gasteiger partial charge in [-0.25, -0.2) is 4.39 Å². The molecule has 17 heavy (non-hydrogen) atoms. The lowest BCUT2D eigenvalue weighted by atomic mass is 9.90. The lowest BCUT2D eigenvalue weighted by Gasteiger charge is -2.35. The fourth-order valence-corrected chi connectivity index (χ4v) is 2.24. The minimum atomic E-state index is -1.03. The van der Waals surface area contributed by atoms with Gasteiger partial charge in [0.15, 0.2) is 0 Å². The van der Waals surface area contributed by atoms with Gasteiger partial charge in [0, 0.05) is 19.5 Å². The highest BCUT2D eigenvalue weighted by molar-refractivity contribution is 5.85. The number of rotatable bonds is 2. The van der Waals surface area contributed by atoms with Gasteiger partial charge < -0.3 is 5.32 Å². The van der Waals surface area contributed by atoms with Crippen LogP contribution >= 0.6 is 12.4 Å².